The Labute approximate surface area is 123 Å². The zero-order valence-corrected chi connectivity index (χ0v) is 13.5. The first kappa shape index (κ1) is 15.1. The first-order valence-electron chi connectivity index (χ1n) is 6.53. The van der Waals surface area contributed by atoms with E-state index in [0.717, 1.165) is 25.8 Å². The molecule has 0 amide bonds. The van der Waals surface area contributed by atoms with Gasteiger partial charge in [0.15, 0.2) is 9.84 Å². The molecule has 1 aliphatic heterocycles. The number of hydrogen-bond donors (Lipinski definition) is 1. The van der Waals surface area contributed by atoms with E-state index in [2.05, 4.69) is 18.7 Å². The lowest BCUT2D eigenvalue weighted by Crippen LogP contribution is -2.38. The van der Waals surface area contributed by atoms with Gasteiger partial charge < -0.3 is 10.6 Å². The average molecular weight is 313 g/mol. The van der Waals surface area contributed by atoms with Crippen molar-refractivity contribution >= 4 is 31.9 Å². The first-order valence-corrected chi connectivity index (χ1v) is 9.23. The van der Waals surface area contributed by atoms with Crippen molar-refractivity contribution in [1.29, 1.82) is 5.26 Å². The van der Waals surface area contributed by atoms with Crippen LogP contribution in [0.25, 0.3) is 0 Å². The van der Waals surface area contributed by atoms with Crippen LogP contribution in [0.2, 0.25) is 0 Å². The minimum absolute atomic E-state index is 0.0984. The molecule has 0 spiro atoms. The van der Waals surface area contributed by atoms with Gasteiger partial charge in [0.05, 0.1) is 5.69 Å². The highest BCUT2D eigenvalue weighted by Gasteiger charge is 2.31. The standard InChI is InChI=1S/C13H19N3O2S2/c1-8-4-5-16(7-9(8)2)13-12(20(3,17)18)11(15)10(6-14)19-13/h8-9H,4-5,7,15H2,1-3H3. The monoisotopic (exact) mass is 313 g/mol. The molecular formula is C13H19N3O2S2. The maximum absolute atomic E-state index is 12.0. The zero-order valence-electron chi connectivity index (χ0n) is 11.9. The SMILES string of the molecule is CC1CCN(c2sc(C#N)c(N)c2S(C)(=O)=O)CC1C. The van der Waals surface area contributed by atoms with E-state index < -0.39 is 9.84 Å². The van der Waals surface area contributed by atoms with Gasteiger partial charge in [0.2, 0.25) is 0 Å². The van der Waals surface area contributed by atoms with Gasteiger partial charge in [-0.1, -0.05) is 13.8 Å². The average Bonchev–Trinajstić information content (AvgIpc) is 2.69. The van der Waals surface area contributed by atoms with Crippen molar-refractivity contribution in [2.75, 3.05) is 30.0 Å². The van der Waals surface area contributed by atoms with E-state index >= 15 is 0 Å². The van der Waals surface area contributed by atoms with E-state index in [9.17, 15) is 8.42 Å². The second kappa shape index (κ2) is 5.26. The summed E-state index contributed by atoms with van der Waals surface area (Å²) in [5, 5.41) is 9.71. The van der Waals surface area contributed by atoms with Crippen LogP contribution in [0.4, 0.5) is 10.7 Å². The molecule has 1 aliphatic rings. The van der Waals surface area contributed by atoms with Crippen LogP contribution in [0, 0.1) is 23.2 Å². The second-order valence-corrected chi connectivity index (χ2v) is 8.50. The summed E-state index contributed by atoms with van der Waals surface area (Å²) >= 11 is 1.18. The molecule has 110 valence electrons. The van der Waals surface area contributed by atoms with Crippen molar-refractivity contribution in [2.24, 2.45) is 11.8 Å². The predicted octanol–water partition coefficient (Wildman–Crippen LogP) is 2.09. The molecule has 5 nitrogen and oxygen atoms in total. The molecule has 0 aromatic carbocycles. The third-order valence-electron chi connectivity index (χ3n) is 3.98. The van der Waals surface area contributed by atoms with Gasteiger partial charge >= 0.3 is 0 Å². The van der Waals surface area contributed by atoms with E-state index in [1.54, 1.807) is 0 Å². The highest BCUT2D eigenvalue weighted by molar-refractivity contribution is 7.91. The molecule has 2 unspecified atom stereocenters. The van der Waals surface area contributed by atoms with Gasteiger partial charge in [-0.15, -0.1) is 11.3 Å². The Kier molecular flexibility index (Phi) is 3.98. The summed E-state index contributed by atoms with van der Waals surface area (Å²) in [5.41, 5.74) is 5.95. The van der Waals surface area contributed by atoms with E-state index in [4.69, 9.17) is 11.0 Å². The van der Waals surface area contributed by atoms with Crippen LogP contribution in [-0.2, 0) is 9.84 Å². The van der Waals surface area contributed by atoms with Crippen molar-refractivity contribution in [1.82, 2.24) is 0 Å². The lowest BCUT2D eigenvalue weighted by atomic mass is 9.89. The third kappa shape index (κ3) is 2.63. The summed E-state index contributed by atoms with van der Waals surface area (Å²) in [6.45, 7) is 5.98. The molecule has 0 saturated carbocycles. The number of sulfone groups is 1. The summed E-state index contributed by atoms with van der Waals surface area (Å²) in [5.74, 6) is 1.12. The van der Waals surface area contributed by atoms with Gasteiger partial charge in [-0.3, -0.25) is 0 Å². The molecular weight excluding hydrogens is 294 g/mol. The summed E-state index contributed by atoms with van der Waals surface area (Å²) in [4.78, 5) is 2.47. The number of nitriles is 1. The van der Waals surface area contributed by atoms with Crippen molar-refractivity contribution in [3.8, 4) is 6.07 Å². The molecule has 0 radical (unpaired) electrons. The molecule has 1 fully saturated rings. The number of nitrogens with zero attached hydrogens (tertiary/aromatic N) is 2. The number of anilines is 2. The second-order valence-electron chi connectivity index (χ2n) is 5.55. The molecule has 2 rings (SSSR count). The third-order valence-corrected chi connectivity index (χ3v) is 6.43. The Morgan fingerprint density at radius 1 is 1.40 bits per heavy atom. The molecule has 2 N–H and O–H groups in total. The van der Waals surface area contributed by atoms with Gasteiger partial charge in [0, 0.05) is 19.3 Å². The Hall–Kier alpha value is -1.26. The van der Waals surface area contributed by atoms with Gasteiger partial charge in [0.25, 0.3) is 0 Å². The van der Waals surface area contributed by atoms with Crippen LogP contribution < -0.4 is 10.6 Å². The van der Waals surface area contributed by atoms with Gasteiger partial charge in [-0.2, -0.15) is 5.26 Å². The van der Waals surface area contributed by atoms with Crippen LogP contribution in [0.15, 0.2) is 4.90 Å². The fraction of sp³-hybridized carbons (Fsp3) is 0.615. The largest absolute Gasteiger partial charge is 0.396 e. The Morgan fingerprint density at radius 2 is 2.05 bits per heavy atom. The smallest absolute Gasteiger partial charge is 0.180 e. The molecule has 1 saturated heterocycles. The topological polar surface area (TPSA) is 87.2 Å². The van der Waals surface area contributed by atoms with E-state index in [0.29, 0.717) is 16.8 Å². The van der Waals surface area contributed by atoms with Crippen LogP contribution in [0.5, 0.6) is 0 Å². The van der Waals surface area contributed by atoms with Crippen molar-refractivity contribution in [3.05, 3.63) is 4.88 Å². The lowest BCUT2D eigenvalue weighted by Gasteiger charge is -2.36. The number of rotatable bonds is 2. The van der Waals surface area contributed by atoms with E-state index in [1.165, 1.54) is 11.3 Å². The summed E-state index contributed by atoms with van der Waals surface area (Å²) in [6.07, 6.45) is 2.16. The maximum Gasteiger partial charge on any atom is 0.180 e. The first-order chi connectivity index (χ1) is 9.25. The molecule has 2 atom stereocenters. The fourth-order valence-corrected chi connectivity index (χ4v) is 5.05. The highest BCUT2D eigenvalue weighted by atomic mass is 32.2. The molecule has 7 heteroatoms. The zero-order chi connectivity index (χ0) is 15.1. The van der Waals surface area contributed by atoms with Gasteiger partial charge in [-0.25, -0.2) is 8.42 Å². The maximum atomic E-state index is 12.0. The van der Waals surface area contributed by atoms with Crippen LogP contribution in [0.3, 0.4) is 0 Å². The quantitative estimate of drug-likeness (QED) is 0.903. The van der Waals surface area contributed by atoms with Crippen molar-refractivity contribution < 1.29 is 8.42 Å². The minimum Gasteiger partial charge on any atom is -0.396 e. The number of nitrogen functional groups attached to an aromatic ring is 1. The number of thiophene rings is 1. The summed E-state index contributed by atoms with van der Waals surface area (Å²) in [6, 6.07) is 1.99. The molecule has 1 aromatic rings. The molecule has 0 bridgehead atoms. The van der Waals surface area contributed by atoms with Crippen LogP contribution in [0.1, 0.15) is 25.1 Å². The van der Waals surface area contributed by atoms with Crippen LogP contribution >= 0.6 is 11.3 Å². The van der Waals surface area contributed by atoms with Crippen molar-refractivity contribution in [3.63, 3.8) is 0 Å². The Bertz CT molecular complexity index is 658. The number of piperidine rings is 1. The lowest BCUT2D eigenvalue weighted by molar-refractivity contribution is 0.324. The number of nitrogens with two attached hydrogens (primary N) is 1. The Morgan fingerprint density at radius 3 is 2.55 bits per heavy atom. The summed E-state index contributed by atoms with van der Waals surface area (Å²) < 4.78 is 24.0. The highest BCUT2D eigenvalue weighted by Crippen LogP contribution is 2.42. The minimum atomic E-state index is -3.44. The van der Waals surface area contributed by atoms with Crippen molar-refractivity contribution in [2.45, 2.75) is 25.2 Å². The predicted molar refractivity (Wildman–Crippen MR) is 81.7 cm³/mol. The molecule has 0 aliphatic carbocycles. The fourth-order valence-electron chi connectivity index (χ4n) is 2.51. The Balaban J connectivity index is 2.50. The van der Waals surface area contributed by atoms with E-state index in [1.807, 2.05) is 6.07 Å². The molecule has 20 heavy (non-hydrogen) atoms. The van der Waals surface area contributed by atoms with Gasteiger partial charge in [0.1, 0.15) is 20.8 Å². The van der Waals surface area contributed by atoms with Crippen LogP contribution in [-0.4, -0.2) is 27.8 Å². The van der Waals surface area contributed by atoms with E-state index in [-0.39, 0.29) is 15.5 Å². The summed E-state index contributed by atoms with van der Waals surface area (Å²) in [7, 11) is -3.44. The van der Waals surface area contributed by atoms with Gasteiger partial charge in [-0.05, 0) is 18.3 Å². The number of hydrogen-bond acceptors (Lipinski definition) is 6. The molecule has 2 heterocycles. The normalized spacial score (nSPS) is 23.6. The molecule has 1 aromatic heterocycles.